The third kappa shape index (κ3) is 3.26. The molecule has 0 saturated carbocycles. The van der Waals surface area contributed by atoms with E-state index in [-0.39, 0.29) is 11.9 Å². The van der Waals surface area contributed by atoms with Crippen LogP contribution in [-0.4, -0.2) is 5.91 Å². The number of nitrogens with one attached hydrogen (secondary N) is 1. The molecule has 0 aliphatic rings. The van der Waals surface area contributed by atoms with Crippen LogP contribution in [0.25, 0.3) is 0 Å². The van der Waals surface area contributed by atoms with Crippen LogP contribution in [0.4, 0.5) is 0 Å². The first-order valence-electron chi connectivity index (χ1n) is 6.67. The second-order valence-electron chi connectivity index (χ2n) is 4.99. The van der Waals surface area contributed by atoms with Crippen LogP contribution in [0.5, 0.6) is 0 Å². The third-order valence-corrected chi connectivity index (χ3v) is 4.33. The number of amides is 1. The number of thiophene rings is 1. The maximum atomic E-state index is 12.2. The Kier molecular flexibility index (Phi) is 4.57. The number of aryl methyl sites for hydroxylation is 2. The normalized spacial score (nSPS) is 13.8. The third-order valence-electron chi connectivity index (χ3n) is 3.35. The molecule has 4 heteroatoms. The molecule has 1 heterocycles. The summed E-state index contributed by atoms with van der Waals surface area (Å²) in [7, 11) is 0. The summed E-state index contributed by atoms with van der Waals surface area (Å²) < 4.78 is 0. The Balaban J connectivity index is 2.06. The van der Waals surface area contributed by atoms with Crippen molar-refractivity contribution in [2.24, 2.45) is 5.73 Å². The van der Waals surface area contributed by atoms with Crippen molar-refractivity contribution in [2.45, 2.75) is 32.9 Å². The van der Waals surface area contributed by atoms with Crippen LogP contribution < -0.4 is 11.1 Å². The van der Waals surface area contributed by atoms with Gasteiger partial charge in [0.2, 0.25) is 5.91 Å². The van der Waals surface area contributed by atoms with Crippen molar-refractivity contribution >= 4 is 17.2 Å². The summed E-state index contributed by atoms with van der Waals surface area (Å²) in [6.07, 6.45) is 0. The van der Waals surface area contributed by atoms with E-state index >= 15 is 0 Å². The lowest BCUT2D eigenvalue weighted by atomic mass is 10.1. The van der Waals surface area contributed by atoms with Gasteiger partial charge in [0.15, 0.2) is 0 Å². The molecule has 2 atom stereocenters. The van der Waals surface area contributed by atoms with Crippen LogP contribution in [0.1, 0.15) is 39.9 Å². The largest absolute Gasteiger partial charge is 0.348 e. The Bertz CT molecular complexity index is 592. The zero-order chi connectivity index (χ0) is 14.7. The van der Waals surface area contributed by atoms with Crippen molar-refractivity contribution in [3.63, 3.8) is 0 Å². The van der Waals surface area contributed by atoms with Crippen molar-refractivity contribution in [1.82, 2.24) is 5.32 Å². The maximum Gasteiger partial charge on any atom is 0.241 e. The Morgan fingerprint density at radius 1 is 1.25 bits per heavy atom. The number of nitrogens with two attached hydrogens (primary N) is 1. The fourth-order valence-corrected chi connectivity index (χ4v) is 3.30. The van der Waals surface area contributed by atoms with Crippen LogP contribution in [0, 0.1) is 13.8 Å². The fourth-order valence-electron chi connectivity index (χ4n) is 2.27. The van der Waals surface area contributed by atoms with E-state index in [4.69, 9.17) is 5.73 Å². The summed E-state index contributed by atoms with van der Waals surface area (Å²) in [6.45, 7) is 6.14. The standard InChI is InChI=1S/C16H20N2OS/c1-10-9-14(12(3)20-10)11(2)18-16(19)15(17)13-7-5-4-6-8-13/h4-9,11,15H,17H2,1-3H3,(H,18,19)/t11?,15-/m1/s1. The molecular weight excluding hydrogens is 268 g/mol. The Morgan fingerprint density at radius 2 is 1.90 bits per heavy atom. The van der Waals surface area contributed by atoms with Crippen molar-refractivity contribution in [3.8, 4) is 0 Å². The van der Waals surface area contributed by atoms with Gasteiger partial charge in [-0.2, -0.15) is 0 Å². The highest BCUT2D eigenvalue weighted by atomic mass is 32.1. The molecule has 0 aliphatic carbocycles. The molecule has 3 N–H and O–H groups in total. The summed E-state index contributed by atoms with van der Waals surface area (Å²) in [5, 5.41) is 2.99. The first kappa shape index (κ1) is 14.8. The summed E-state index contributed by atoms with van der Waals surface area (Å²) in [4.78, 5) is 14.7. The minimum Gasteiger partial charge on any atom is -0.348 e. The van der Waals surface area contributed by atoms with E-state index in [0.29, 0.717) is 0 Å². The quantitative estimate of drug-likeness (QED) is 0.907. The number of carbonyl (C=O) groups is 1. The van der Waals surface area contributed by atoms with Crippen LogP contribution in [0.2, 0.25) is 0 Å². The zero-order valence-corrected chi connectivity index (χ0v) is 12.8. The molecule has 1 unspecified atom stereocenters. The number of benzene rings is 1. The van der Waals surface area contributed by atoms with Gasteiger partial charge < -0.3 is 11.1 Å². The van der Waals surface area contributed by atoms with E-state index in [1.807, 2.05) is 37.3 Å². The number of hydrogen-bond donors (Lipinski definition) is 2. The van der Waals surface area contributed by atoms with E-state index in [2.05, 4.69) is 25.2 Å². The topological polar surface area (TPSA) is 55.1 Å². The Morgan fingerprint density at radius 3 is 2.45 bits per heavy atom. The highest BCUT2D eigenvalue weighted by Gasteiger charge is 2.19. The molecule has 0 aliphatic heterocycles. The minimum atomic E-state index is -0.626. The molecule has 106 valence electrons. The van der Waals surface area contributed by atoms with Gasteiger partial charge in [-0.15, -0.1) is 11.3 Å². The molecule has 2 aromatic rings. The smallest absolute Gasteiger partial charge is 0.241 e. The van der Waals surface area contributed by atoms with E-state index in [1.54, 1.807) is 11.3 Å². The molecule has 0 bridgehead atoms. The van der Waals surface area contributed by atoms with Gasteiger partial charge in [0, 0.05) is 9.75 Å². The highest BCUT2D eigenvalue weighted by molar-refractivity contribution is 7.12. The lowest BCUT2D eigenvalue weighted by Crippen LogP contribution is -2.35. The molecule has 0 spiro atoms. The first-order chi connectivity index (χ1) is 9.49. The van der Waals surface area contributed by atoms with Gasteiger partial charge >= 0.3 is 0 Å². The predicted molar refractivity (Wildman–Crippen MR) is 83.7 cm³/mol. The molecule has 0 saturated heterocycles. The van der Waals surface area contributed by atoms with E-state index in [1.165, 1.54) is 15.3 Å². The lowest BCUT2D eigenvalue weighted by molar-refractivity contribution is -0.123. The fraction of sp³-hybridized carbons (Fsp3) is 0.312. The maximum absolute atomic E-state index is 12.2. The van der Waals surface area contributed by atoms with Gasteiger partial charge in [-0.1, -0.05) is 30.3 Å². The molecule has 2 rings (SSSR count). The van der Waals surface area contributed by atoms with Crippen molar-refractivity contribution in [1.29, 1.82) is 0 Å². The monoisotopic (exact) mass is 288 g/mol. The van der Waals surface area contributed by atoms with Gasteiger partial charge in [0.1, 0.15) is 6.04 Å². The van der Waals surface area contributed by atoms with Gasteiger partial charge in [-0.05, 0) is 38.0 Å². The predicted octanol–water partition coefficient (Wildman–Crippen LogP) is 3.24. The average Bonchev–Trinajstić information content (AvgIpc) is 2.78. The number of carbonyl (C=O) groups excluding carboxylic acids is 1. The molecule has 1 aromatic carbocycles. The van der Waals surface area contributed by atoms with Crippen LogP contribution >= 0.6 is 11.3 Å². The molecule has 3 nitrogen and oxygen atoms in total. The van der Waals surface area contributed by atoms with Crippen molar-refractivity contribution < 1.29 is 4.79 Å². The molecule has 1 amide bonds. The summed E-state index contributed by atoms with van der Waals surface area (Å²) in [6, 6.07) is 10.9. The van der Waals surface area contributed by atoms with E-state index in [9.17, 15) is 4.79 Å². The zero-order valence-electron chi connectivity index (χ0n) is 12.0. The van der Waals surface area contributed by atoms with Gasteiger partial charge in [0.05, 0.1) is 6.04 Å². The molecule has 0 fully saturated rings. The Hall–Kier alpha value is -1.65. The van der Waals surface area contributed by atoms with Gasteiger partial charge in [0.25, 0.3) is 0 Å². The molecule has 20 heavy (non-hydrogen) atoms. The van der Waals surface area contributed by atoms with E-state index in [0.717, 1.165) is 5.56 Å². The molecule has 0 radical (unpaired) electrons. The molecular formula is C16H20N2OS. The lowest BCUT2D eigenvalue weighted by Gasteiger charge is -2.18. The number of rotatable bonds is 4. The molecule has 1 aromatic heterocycles. The van der Waals surface area contributed by atoms with Crippen LogP contribution in [0.15, 0.2) is 36.4 Å². The van der Waals surface area contributed by atoms with Crippen LogP contribution in [-0.2, 0) is 4.79 Å². The first-order valence-corrected chi connectivity index (χ1v) is 7.48. The average molecular weight is 288 g/mol. The summed E-state index contributed by atoms with van der Waals surface area (Å²) in [5.41, 5.74) is 8.00. The minimum absolute atomic E-state index is 0.0257. The second-order valence-corrected chi connectivity index (χ2v) is 6.45. The SMILES string of the molecule is Cc1cc(C(C)NC(=O)[C@H](N)c2ccccc2)c(C)s1. The summed E-state index contributed by atoms with van der Waals surface area (Å²) >= 11 is 1.75. The number of hydrogen-bond acceptors (Lipinski definition) is 3. The second kappa shape index (κ2) is 6.20. The highest BCUT2D eigenvalue weighted by Crippen LogP contribution is 2.26. The Labute approximate surface area is 123 Å². The van der Waals surface area contributed by atoms with Gasteiger partial charge in [-0.3, -0.25) is 4.79 Å². The van der Waals surface area contributed by atoms with Crippen molar-refractivity contribution in [3.05, 3.63) is 57.3 Å². The van der Waals surface area contributed by atoms with Crippen LogP contribution in [0.3, 0.4) is 0 Å². The van der Waals surface area contributed by atoms with E-state index < -0.39 is 6.04 Å². The van der Waals surface area contributed by atoms with Crippen molar-refractivity contribution in [2.75, 3.05) is 0 Å². The van der Waals surface area contributed by atoms with Gasteiger partial charge in [-0.25, -0.2) is 0 Å². The summed E-state index contributed by atoms with van der Waals surface area (Å²) in [5.74, 6) is -0.146.